The van der Waals surface area contributed by atoms with Gasteiger partial charge in [-0.1, -0.05) is 0 Å². The van der Waals surface area contributed by atoms with Gasteiger partial charge in [-0.15, -0.1) is 11.3 Å². The Kier molecular flexibility index (Phi) is 4.59. The van der Waals surface area contributed by atoms with Gasteiger partial charge < -0.3 is 5.32 Å². The fourth-order valence-corrected chi connectivity index (χ4v) is 2.24. The van der Waals surface area contributed by atoms with Crippen LogP contribution in [0, 0.1) is 12.7 Å². The first kappa shape index (κ1) is 15.0. The summed E-state index contributed by atoms with van der Waals surface area (Å²) in [5.74, 6) is -1.10. The summed E-state index contributed by atoms with van der Waals surface area (Å²) < 4.78 is 13.1. The molecule has 6 nitrogen and oxygen atoms in total. The van der Waals surface area contributed by atoms with E-state index < -0.39 is 11.7 Å². The monoisotopic (exact) mass is 308 g/mol. The van der Waals surface area contributed by atoms with Crippen molar-refractivity contribution in [3.05, 3.63) is 40.4 Å². The van der Waals surface area contributed by atoms with E-state index in [-0.39, 0.29) is 23.7 Å². The van der Waals surface area contributed by atoms with Crippen molar-refractivity contribution in [2.45, 2.75) is 13.3 Å². The van der Waals surface area contributed by atoms with Gasteiger partial charge in [-0.3, -0.25) is 14.9 Å². The molecule has 110 valence electrons. The lowest BCUT2D eigenvalue weighted by Gasteiger charge is -2.02. The molecule has 2 aromatic rings. The van der Waals surface area contributed by atoms with Crippen molar-refractivity contribution in [3.63, 3.8) is 0 Å². The molecule has 21 heavy (non-hydrogen) atoms. The van der Waals surface area contributed by atoms with Crippen molar-refractivity contribution in [1.82, 2.24) is 15.3 Å². The van der Waals surface area contributed by atoms with Crippen LogP contribution in [0.2, 0.25) is 0 Å². The Labute approximate surface area is 124 Å². The number of carbonyl (C=O) groups is 2. The third-order valence-corrected chi connectivity index (χ3v) is 3.45. The first-order valence-corrected chi connectivity index (χ1v) is 6.97. The Bertz CT molecular complexity index is 687. The lowest BCUT2D eigenvalue weighted by Crippen LogP contribution is -2.20. The minimum Gasteiger partial charge on any atom is -0.359 e. The second-order valence-corrected chi connectivity index (χ2v) is 5.07. The van der Waals surface area contributed by atoms with Crippen molar-refractivity contribution in [3.8, 4) is 0 Å². The number of likely N-dealkylation sites (N-methyl/N-ethyl adjacent to an activating group) is 1. The number of halogens is 1. The van der Waals surface area contributed by atoms with Crippen LogP contribution in [-0.2, 0) is 11.2 Å². The highest BCUT2D eigenvalue weighted by atomic mass is 32.1. The van der Waals surface area contributed by atoms with E-state index in [9.17, 15) is 14.0 Å². The normalized spacial score (nSPS) is 10.2. The molecule has 2 N–H and O–H groups in total. The molecule has 2 rings (SSSR count). The lowest BCUT2D eigenvalue weighted by molar-refractivity contribution is -0.120. The van der Waals surface area contributed by atoms with Crippen LogP contribution in [0.1, 0.15) is 21.9 Å². The van der Waals surface area contributed by atoms with Gasteiger partial charge >= 0.3 is 0 Å². The average Bonchev–Trinajstić information content (AvgIpc) is 2.88. The Morgan fingerprint density at radius 1 is 1.33 bits per heavy atom. The molecule has 0 radical (unpaired) electrons. The van der Waals surface area contributed by atoms with E-state index in [1.807, 2.05) is 0 Å². The smallest absolute Gasteiger partial charge is 0.276 e. The summed E-state index contributed by atoms with van der Waals surface area (Å²) >= 11 is 1.21. The number of thiazole rings is 1. The fourth-order valence-electron chi connectivity index (χ4n) is 1.53. The van der Waals surface area contributed by atoms with E-state index in [0.29, 0.717) is 10.8 Å². The van der Waals surface area contributed by atoms with Gasteiger partial charge in [-0.25, -0.2) is 14.4 Å². The summed E-state index contributed by atoms with van der Waals surface area (Å²) in [6.07, 6.45) is 0.150. The quantitative estimate of drug-likeness (QED) is 0.897. The van der Waals surface area contributed by atoms with Crippen LogP contribution in [0.3, 0.4) is 0 Å². The molecule has 0 saturated carbocycles. The summed E-state index contributed by atoms with van der Waals surface area (Å²) in [7, 11) is 1.54. The molecule has 0 bridgehead atoms. The van der Waals surface area contributed by atoms with Gasteiger partial charge in [0, 0.05) is 12.4 Å². The number of nitrogens with zero attached hydrogens (tertiary/aromatic N) is 2. The van der Waals surface area contributed by atoms with Gasteiger partial charge in [0.2, 0.25) is 5.91 Å². The van der Waals surface area contributed by atoms with E-state index in [1.165, 1.54) is 30.4 Å². The third kappa shape index (κ3) is 3.82. The first-order valence-electron chi connectivity index (χ1n) is 6.09. The van der Waals surface area contributed by atoms with Gasteiger partial charge in [0.15, 0.2) is 5.13 Å². The zero-order valence-corrected chi connectivity index (χ0v) is 12.3. The fraction of sp³-hybridized carbons (Fsp3) is 0.231. The number of rotatable bonds is 4. The molecule has 2 amide bonds. The molecule has 2 aromatic heterocycles. The lowest BCUT2D eigenvalue weighted by atomic mass is 10.3. The van der Waals surface area contributed by atoms with Gasteiger partial charge in [0.1, 0.15) is 11.5 Å². The maximum Gasteiger partial charge on any atom is 0.276 e. The molecule has 0 spiro atoms. The van der Waals surface area contributed by atoms with Crippen LogP contribution >= 0.6 is 11.3 Å². The molecular weight excluding hydrogens is 295 g/mol. The number of aromatic nitrogens is 2. The van der Waals surface area contributed by atoms with E-state index in [1.54, 1.807) is 12.4 Å². The van der Waals surface area contributed by atoms with Crippen molar-refractivity contribution >= 4 is 28.3 Å². The Balaban J connectivity index is 2.05. The van der Waals surface area contributed by atoms with Crippen molar-refractivity contribution in [1.29, 1.82) is 0 Å². The molecule has 0 aromatic carbocycles. The molecule has 2 heterocycles. The molecule has 0 fully saturated rings. The highest BCUT2D eigenvalue weighted by Crippen LogP contribution is 2.17. The maximum absolute atomic E-state index is 13.1. The molecular formula is C13H13FN4O2S. The predicted octanol–water partition coefficient (Wildman–Crippen LogP) is 1.53. The predicted molar refractivity (Wildman–Crippen MR) is 76.8 cm³/mol. The Hall–Kier alpha value is -2.35. The number of anilines is 1. The van der Waals surface area contributed by atoms with E-state index in [2.05, 4.69) is 20.6 Å². The third-order valence-electron chi connectivity index (χ3n) is 2.65. The van der Waals surface area contributed by atoms with Gasteiger partial charge in [0.05, 0.1) is 17.8 Å². The zero-order chi connectivity index (χ0) is 15.4. The van der Waals surface area contributed by atoms with Gasteiger partial charge in [-0.2, -0.15) is 0 Å². The molecule has 0 aliphatic rings. The number of nitrogens with one attached hydrogen (secondary N) is 2. The summed E-state index contributed by atoms with van der Waals surface area (Å²) in [5, 5.41) is 7.11. The maximum atomic E-state index is 13.1. The SMILES string of the molecule is CNC(=O)Cc1csc(NC(=O)c2ccc(F)c(C)n2)n1. The molecule has 0 atom stereocenters. The summed E-state index contributed by atoms with van der Waals surface area (Å²) in [4.78, 5) is 31.2. The van der Waals surface area contributed by atoms with E-state index in [0.717, 1.165) is 0 Å². The summed E-state index contributed by atoms with van der Waals surface area (Å²) in [5.41, 5.74) is 0.831. The van der Waals surface area contributed by atoms with Crippen LogP contribution in [-0.4, -0.2) is 28.8 Å². The van der Waals surface area contributed by atoms with Crippen LogP contribution < -0.4 is 10.6 Å². The van der Waals surface area contributed by atoms with Gasteiger partial charge in [0.25, 0.3) is 5.91 Å². The average molecular weight is 308 g/mol. The minimum absolute atomic E-state index is 0.108. The molecule has 0 aliphatic heterocycles. The Morgan fingerprint density at radius 3 is 2.76 bits per heavy atom. The number of amides is 2. The van der Waals surface area contributed by atoms with Crippen LogP contribution in [0.15, 0.2) is 17.5 Å². The highest BCUT2D eigenvalue weighted by molar-refractivity contribution is 7.14. The molecule has 8 heteroatoms. The van der Waals surface area contributed by atoms with Gasteiger partial charge in [-0.05, 0) is 19.1 Å². The highest BCUT2D eigenvalue weighted by Gasteiger charge is 2.13. The summed E-state index contributed by atoms with van der Waals surface area (Å²) in [6.45, 7) is 1.48. The standard InChI is InChI=1S/C13H13FN4O2S/c1-7-9(14)3-4-10(16-7)12(20)18-13-17-8(6-21-13)5-11(19)15-2/h3-4,6H,5H2,1-2H3,(H,15,19)(H,17,18,20). The number of hydrogen-bond donors (Lipinski definition) is 2. The largest absolute Gasteiger partial charge is 0.359 e. The van der Waals surface area contributed by atoms with E-state index >= 15 is 0 Å². The van der Waals surface area contributed by atoms with Crippen molar-refractivity contribution in [2.24, 2.45) is 0 Å². The first-order chi connectivity index (χ1) is 9.99. The zero-order valence-electron chi connectivity index (χ0n) is 11.4. The Morgan fingerprint density at radius 2 is 2.10 bits per heavy atom. The second kappa shape index (κ2) is 6.40. The molecule has 0 aliphatic carbocycles. The topological polar surface area (TPSA) is 84.0 Å². The number of carbonyl (C=O) groups excluding carboxylic acids is 2. The second-order valence-electron chi connectivity index (χ2n) is 4.21. The van der Waals surface area contributed by atoms with Crippen molar-refractivity contribution < 1.29 is 14.0 Å². The van der Waals surface area contributed by atoms with Crippen LogP contribution in [0.4, 0.5) is 9.52 Å². The minimum atomic E-state index is -0.473. The van der Waals surface area contributed by atoms with E-state index in [4.69, 9.17) is 0 Å². The number of hydrogen-bond acceptors (Lipinski definition) is 5. The molecule has 0 saturated heterocycles. The molecule has 0 unspecified atom stereocenters. The van der Waals surface area contributed by atoms with Crippen molar-refractivity contribution in [2.75, 3.05) is 12.4 Å². The van der Waals surface area contributed by atoms with Crippen LogP contribution in [0.5, 0.6) is 0 Å². The van der Waals surface area contributed by atoms with Crippen LogP contribution in [0.25, 0.3) is 0 Å². The summed E-state index contributed by atoms with van der Waals surface area (Å²) in [6, 6.07) is 2.49. The number of aryl methyl sites for hydroxylation is 1. The number of pyridine rings is 1.